The molecule has 0 radical (unpaired) electrons. The number of aromatic amines is 1. The summed E-state index contributed by atoms with van der Waals surface area (Å²) in [5, 5.41) is 23.4. The number of nitro groups is 1. The molecule has 1 aromatic heterocycles. The van der Waals surface area contributed by atoms with Crippen molar-refractivity contribution in [2.24, 2.45) is 0 Å². The number of carbonyl (C=O) groups is 1. The second-order valence-electron chi connectivity index (χ2n) is 5.45. The standard InChI is InChI=1S/C17H15N3O4/c1-10-2-3-11(9-21)6-16(10)19-17(22)14-8-18-15-5-4-12(20(23)24)7-13(14)15/h2-8,18,21H,9H2,1H3,(H,19,22). The topological polar surface area (TPSA) is 108 Å². The Morgan fingerprint density at radius 1 is 1.29 bits per heavy atom. The molecule has 0 aliphatic heterocycles. The van der Waals surface area contributed by atoms with Gasteiger partial charge < -0.3 is 15.4 Å². The highest BCUT2D eigenvalue weighted by molar-refractivity contribution is 6.13. The smallest absolute Gasteiger partial charge is 0.270 e. The number of hydrogen-bond acceptors (Lipinski definition) is 4. The highest BCUT2D eigenvalue weighted by Gasteiger charge is 2.16. The van der Waals surface area contributed by atoms with Gasteiger partial charge in [-0.1, -0.05) is 12.1 Å². The first-order valence-corrected chi connectivity index (χ1v) is 7.27. The van der Waals surface area contributed by atoms with Crippen molar-refractivity contribution in [2.45, 2.75) is 13.5 Å². The number of aryl methyl sites for hydroxylation is 1. The third kappa shape index (κ3) is 2.84. The number of fused-ring (bicyclic) bond motifs is 1. The average Bonchev–Trinajstić information content (AvgIpc) is 3.00. The second-order valence-corrected chi connectivity index (χ2v) is 5.45. The molecule has 0 saturated carbocycles. The molecule has 3 aromatic rings. The van der Waals surface area contributed by atoms with Crippen LogP contribution in [0.1, 0.15) is 21.5 Å². The number of H-pyrrole nitrogens is 1. The molecule has 3 rings (SSSR count). The number of aliphatic hydroxyl groups excluding tert-OH is 1. The number of aliphatic hydroxyl groups is 1. The lowest BCUT2D eigenvalue weighted by molar-refractivity contribution is -0.384. The number of benzene rings is 2. The monoisotopic (exact) mass is 325 g/mol. The molecule has 0 fully saturated rings. The quantitative estimate of drug-likeness (QED) is 0.506. The normalized spacial score (nSPS) is 10.8. The van der Waals surface area contributed by atoms with Crippen molar-refractivity contribution in [1.82, 2.24) is 4.98 Å². The summed E-state index contributed by atoms with van der Waals surface area (Å²) in [5.74, 6) is -0.375. The van der Waals surface area contributed by atoms with Crippen LogP contribution < -0.4 is 5.32 Å². The van der Waals surface area contributed by atoms with Gasteiger partial charge in [0.25, 0.3) is 11.6 Å². The molecule has 0 spiro atoms. The van der Waals surface area contributed by atoms with E-state index in [1.807, 2.05) is 6.92 Å². The Kier molecular flexibility index (Phi) is 4.01. The molecular formula is C17H15N3O4. The number of hydrogen-bond donors (Lipinski definition) is 3. The number of nitrogens with zero attached hydrogens (tertiary/aromatic N) is 1. The Bertz CT molecular complexity index is 946. The maximum absolute atomic E-state index is 12.6. The third-order valence-corrected chi connectivity index (χ3v) is 3.85. The van der Waals surface area contributed by atoms with Crippen LogP contribution in [0.3, 0.4) is 0 Å². The summed E-state index contributed by atoms with van der Waals surface area (Å²) in [5.41, 5.74) is 3.02. The van der Waals surface area contributed by atoms with Crippen LogP contribution in [0.2, 0.25) is 0 Å². The van der Waals surface area contributed by atoms with Crippen molar-refractivity contribution in [3.05, 3.63) is 69.4 Å². The highest BCUT2D eigenvalue weighted by Crippen LogP contribution is 2.25. The molecule has 122 valence electrons. The van der Waals surface area contributed by atoms with Gasteiger partial charge in [0.1, 0.15) is 0 Å². The summed E-state index contributed by atoms with van der Waals surface area (Å²) in [6.45, 7) is 1.72. The Morgan fingerprint density at radius 2 is 2.08 bits per heavy atom. The molecule has 0 bridgehead atoms. The van der Waals surface area contributed by atoms with Crippen LogP contribution >= 0.6 is 0 Å². The molecule has 1 heterocycles. The number of carbonyl (C=O) groups excluding carboxylic acids is 1. The van der Waals surface area contributed by atoms with E-state index in [-0.39, 0.29) is 18.2 Å². The first kappa shape index (κ1) is 15.7. The first-order chi connectivity index (χ1) is 11.5. The fourth-order valence-electron chi connectivity index (χ4n) is 2.50. The minimum Gasteiger partial charge on any atom is -0.392 e. The van der Waals surface area contributed by atoms with Gasteiger partial charge in [-0.2, -0.15) is 0 Å². The summed E-state index contributed by atoms with van der Waals surface area (Å²) >= 11 is 0. The van der Waals surface area contributed by atoms with E-state index in [4.69, 9.17) is 0 Å². The van der Waals surface area contributed by atoms with Gasteiger partial charge in [-0.15, -0.1) is 0 Å². The summed E-state index contributed by atoms with van der Waals surface area (Å²) in [6.07, 6.45) is 1.52. The summed E-state index contributed by atoms with van der Waals surface area (Å²) in [6, 6.07) is 9.61. The van der Waals surface area contributed by atoms with Crippen LogP contribution in [-0.4, -0.2) is 20.9 Å². The van der Waals surface area contributed by atoms with Crippen molar-refractivity contribution in [3.63, 3.8) is 0 Å². The minimum absolute atomic E-state index is 0.0744. The van der Waals surface area contributed by atoms with Crippen LogP contribution in [0.15, 0.2) is 42.6 Å². The van der Waals surface area contributed by atoms with Gasteiger partial charge in [-0.05, 0) is 30.2 Å². The van der Waals surface area contributed by atoms with Gasteiger partial charge in [-0.25, -0.2) is 0 Å². The highest BCUT2D eigenvalue weighted by atomic mass is 16.6. The zero-order chi connectivity index (χ0) is 17.3. The molecule has 3 N–H and O–H groups in total. The molecule has 1 amide bonds. The molecule has 0 unspecified atom stereocenters. The number of rotatable bonds is 4. The van der Waals surface area contributed by atoms with E-state index in [9.17, 15) is 20.0 Å². The second kappa shape index (κ2) is 6.13. The fourth-order valence-corrected chi connectivity index (χ4v) is 2.50. The van der Waals surface area contributed by atoms with E-state index in [1.165, 1.54) is 18.3 Å². The van der Waals surface area contributed by atoms with Crippen molar-refractivity contribution >= 4 is 28.2 Å². The maximum atomic E-state index is 12.6. The summed E-state index contributed by atoms with van der Waals surface area (Å²) in [4.78, 5) is 25.9. The maximum Gasteiger partial charge on any atom is 0.270 e. The molecule has 0 aliphatic rings. The number of amides is 1. The van der Waals surface area contributed by atoms with E-state index < -0.39 is 4.92 Å². The van der Waals surface area contributed by atoms with Crippen molar-refractivity contribution < 1.29 is 14.8 Å². The number of non-ortho nitro benzene ring substituents is 1. The number of nitrogens with one attached hydrogen (secondary N) is 2. The van der Waals surface area contributed by atoms with E-state index >= 15 is 0 Å². The molecule has 0 atom stereocenters. The Morgan fingerprint density at radius 3 is 2.79 bits per heavy atom. The van der Waals surface area contributed by atoms with Gasteiger partial charge in [0.2, 0.25) is 0 Å². The summed E-state index contributed by atoms with van der Waals surface area (Å²) < 4.78 is 0. The van der Waals surface area contributed by atoms with Gasteiger partial charge in [0.05, 0.1) is 17.1 Å². The Balaban J connectivity index is 1.97. The molecule has 7 nitrogen and oxygen atoms in total. The number of anilines is 1. The van der Waals surface area contributed by atoms with Crippen LogP contribution in [0.5, 0.6) is 0 Å². The van der Waals surface area contributed by atoms with E-state index in [1.54, 1.807) is 24.3 Å². The zero-order valence-corrected chi connectivity index (χ0v) is 12.9. The first-order valence-electron chi connectivity index (χ1n) is 7.27. The number of nitro benzene ring substituents is 1. The van der Waals surface area contributed by atoms with Crippen molar-refractivity contribution in [3.8, 4) is 0 Å². The van der Waals surface area contributed by atoms with Gasteiger partial charge in [0.15, 0.2) is 0 Å². The van der Waals surface area contributed by atoms with Crippen LogP contribution in [0.25, 0.3) is 10.9 Å². The lowest BCUT2D eigenvalue weighted by Gasteiger charge is -2.09. The number of aromatic nitrogens is 1. The van der Waals surface area contributed by atoms with Crippen molar-refractivity contribution in [2.75, 3.05) is 5.32 Å². The molecule has 24 heavy (non-hydrogen) atoms. The molecule has 7 heteroatoms. The SMILES string of the molecule is Cc1ccc(CO)cc1NC(=O)c1c[nH]c2ccc([N+](=O)[O-])cc12. The molecule has 2 aromatic carbocycles. The van der Waals surface area contributed by atoms with Crippen molar-refractivity contribution in [1.29, 1.82) is 0 Å². The average molecular weight is 325 g/mol. The largest absolute Gasteiger partial charge is 0.392 e. The van der Waals surface area contributed by atoms with Crippen LogP contribution in [-0.2, 0) is 6.61 Å². The Labute approximate surface area is 137 Å². The molecule has 0 saturated heterocycles. The predicted octanol–water partition coefficient (Wildman–Crippen LogP) is 3.13. The molecular weight excluding hydrogens is 310 g/mol. The van der Waals surface area contributed by atoms with Crippen LogP contribution in [0.4, 0.5) is 11.4 Å². The lowest BCUT2D eigenvalue weighted by Crippen LogP contribution is -2.12. The van der Waals surface area contributed by atoms with Gasteiger partial charge in [0, 0.05) is 34.9 Å². The summed E-state index contributed by atoms with van der Waals surface area (Å²) in [7, 11) is 0. The fraction of sp³-hybridized carbons (Fsp3) is 0.118. The van der Waals surface area contributed by atoms with E-state index in [0.29, 0.717) is 27.7 Å². The van der Waals surface area contributed by atoms with Crippen LogP contribution in [0, 0.1) is 17.0 Å². The van der Waals surface area contributed by atoms with E-state index in [0.717, 1.165) is 5.56 Å². The van der Waals surface area contributed by atoms with Gasteiger partial charge in [-0.3, -0.25) is 14.9 Å². The predicted molar refractivity (Wildman–Crippen MR) is 90.0 cm³/mol. The van der Waals surface area contributed by atoms with E-state index in [2.05, 4.69) is 10.3 Å². The zero-order valence-electron chi connectivity index (χ0n) is 12.9. The Hall–Kier alpha value is -3.19. The molecule has 0 aliphatic carbocycles. The lowest BCUT2D eigenvalue weighted by atomic mass is 10.1. The third-order valence-electron chi connectivity index (χ3n) is 3.85. The van der Waals surface area contributed by atoms with Gasteiger partial charge >= 0.3 is 0 Å². The minimum atomic E-state index is -0.497.